The van der Waals surface area contributed by atoms with Crippen LogP contribution in [0.2, 0.25) is 0 Å². The number of amides is 1. The quantitative estimate of drug-likeness (QED) is 0.781. The standard InChI is InChI=1S/C15H18N2O5S2/c1-21-14(11-7-8-23-10-11)9-16-24(19,20)13-5-3-12(4-6-13)17-15(18)22-2/h3-8,10,14,16H,9H2,1-2H3,(H,17,18)/t14-/m1/s1. The van der Waals surface area contributed by atoms with Gasteiger partial charge in [-0.15, -0.1) is 0 Å². The van der Waals surface area contributed by atoms with Gasteiger partial charge in [-0.2, -0.15) is 11.3 Å². The maximum Gasteiger partial charge on any atom is 0.411 e. The van der Waals surface area contributed by atoms with Gasteiger partial charge < -0.3 is 9.47 Å². The number of rotatable bonds is 7. The van der Waals surface area contributed by atoms with E-state index in [1.165, 1.54) is 49.8 Å². The summed E-state index contributed by atoms with van der Waals surface area (Å²) in [6.07, 6.45) is -0.978. The highest BCUT2D eigenvalue weighted by Crippen LogP contribution is 2.20. The van der Waals surface area contributed by atoms with Crippen molar-refractivity contribution in [2.24, 2.45) is 0 Å². The molecular weight excluding hydrogens is 352 g/mol. The molecule has 7 nitrogen and oxygen atoms in total. The van der Waals surface area contributed by atoms with Crippen LogP contribution < -0.4 is 10.0 Å². The Kier molecular flexibility index (Phi) is 6.32. The monoisotopic (exact) mass is 370 g/mol. The lowest BCUT2D eigenvalue weighted by Gasteiger charge is -2.15. The van der Waals surface area contributed by atoms with E-state index >= 15 is 0 Å². The number of hydrogen-bond donors (Lipinski definition) is 2. The van der Waals surface area contributed by atoms with Crippen molar-refractivity contribution in [1.82, 2.24) is 4.72 Å². The van der Waals surface area contributed by atoms with Crippen LogP contribution in [0.5, 0.6) is 0 Å². The highest BCUT2D eigenvalue weighted by atomic mass is 32.2. The Hall–Kier alpha value is -1.94. The molecule has 24 heavy (non-hydrogen) atoms. The van der Waals surface area contributed by atoms with Crippen LogP contribution >= 0.6 is 11.3 Å². The summed E-state index contributed by atoms with van der Waals surface area (Å²) in [6.45, 7) is 0.123. The number of carbonyl (C=O) groups is 1. The third-order valence-electron chi connectivity index (χ3n) is 3.25. The predicted octanol–water partition coefficient (Wildman–Crippen LogP) is 2.59. The summed E-state index contributed by atoms with van der Waals surface area (Å²) in [5.74, 6) is 0. The van der Waals surface area contributed by atoms with Crippen molar-refractivity contribution in [2.75, 3.05) is 26.1 Å². The summed E-state index contributed by atoms with van der Waals surface area (Å²) in [5, 5.41) is 6.27. The first-order valence-electron chi connectivity index (χ1n) is 6.96. The fraction of sp³-hybridized carbons (Fsp3) is 0.267. The maximum atomic E-state index is 12.3. The fourth-order valence-electron chi connectivity index (χ4n) is 1.95. The Labute approximate surface area is 144 Å². The second kappa shape index (κ2) is 8.25. The molecule has 1 atom stereocenters. The van der Waals surface area contributed by atoms with Crippen LogP contribution in [-0.4, -0.2) is 35.3 Å². The normalized spacial score (nSPS) is 12.6. The van der Waals surface area contributed by atoms with Gasteiger partial charge in [0.25, 0.3) is 0 Å². The van der Waals surface area contributed by atoms with Crippen molar-refractivity contribution in [3.05, 3.63) is 46.7 Å². The molecule has 0 saturated heterocycles. The van der Waals surface area contributed by atoms with Gasteiger partial charge in [0, 0.05) is 19.3 Å². The van der Waals surface area contributed by atoms with Crippen LogP contribution in [0, 0.1) is 0 Å². The van der Waals surface area contributed by atoms with Crippen LogP contribution in [0.15, 0.2) is 46.0 Å². The SMILES string of the molecule is COC(=O)Nc1ccc(S(=O)(=O)NC[C@@H](OC)c2ccsc2)cc1. The molecule has 0 aliphatic rings. The summed E-state index contributed by atoms with van der Waals surface area (Å²) >= 11 is 1.52. The molecule has 0 radical (unpaired) electrons. The minimum atomic E-state index is -3.68. The molecule has 130 valence electrons. The van der Waals surface area contributed by atoms with Crippen LogP contribution in [0.4, 0.5) is 10.5 Å². The van der Waals surface area contributed by atoms with Crippen molar-refractivity contribution < 1.29 is 22.7 Å². The number of thiophene rings is 1. The van der Waals surface area contributed by atoms with Gasteiger partial charge in [0.05, 0.1) is 18.1 Å². The topological polar surface area (TPSA) is 93.7 Å². The summed E-state index contributed by atoms with van der Waals surface area (Å²) in [6, 6.07) is 7.66. The molecule has 9 heteroatoms. The van der Waals surface area contributed by atoms with E-state index in [0.29, 0.717) is 5.69 Å². The molecule has 1 aromatic carbocycles. The Morgan fingerprint density at radius 2 is 1.92 bits per heavy atom. The van der Waals surface area contributed by atoms with Gasteiger partial charge in [-0.3, -0.25) is 5.32 Å². The number of carbonyl (C=O) groups excluding carboxylic acids is 1. The highest BCUT2D eigenvalue weighted by Gasteiger charge is 2.18. The van der Waals surface area contributed by atoms with E-state index in [4.69, 9.17) is 4.74 Å². The Morgan fingerprint density at radius 3 is 2.46 bits per heavy atom. The molecule has 0 bridgehead atoms. The van der Waals surface area contributed by atoms with Crippen molar-refractivity contribution in [3.63, 3.8) is 0 Å². The van der Waals surface area contributed by atoms with Crippen molar-refractivity contribution >= 4 is 33.1 Å². The number of ether oxygens (including phenoxy) is 2. The van der Waals surface area contributed by atoms with Gasteiger partial charge in [-0.25, -0.2) is 17.9 Å². The van der Waals surface area contributed by atoms with E-state index < -0.39 is 16.1 Å². The average Bonchev–Trinajstić information content (AvgIpc) is 3.10. The lowest BCUT2D eigenvalue weighted by molar-refractivity contribution is 0.107. The van der Waals surface area contributed by atoms with E-state index in [1.54, 1.807) is 0 Å². The number of sulfonamides is 1. The van der Waals surface area contributed by atoms with Crippen molar-refractivity contribution in [3.8, 4) is 0 Å². The minimum Gasteiger partial charge on any atom is -0.453 e. The first-order chi connectivity index (χ1) is 11.5. The summed E-state index contributed by atoms with van der Waals surface area (Å²) in [7, 11) is -0.898. The molecule has 0 spiro atoms. The van der Waals surface area contributed by atoms with Gasteiger partial charge in [0.15, 0.2) is 0 Å². The molecule has 2 N–H and O–H groups in total. The average molecular weight is 370 g/mol. The largest absolute Gasteiger partial charge is 0.453 e. The first-order valence-corrected chi connectivity index (χ1v) is 9.38. The molecule has 1 aromatic heterocycles. The molecule has 0 unspecified atom stereocenters. The van der Waals surface area contributed by atoms with Gasteiger partial charge in [-0.1, -0.05) is 0 Å². The molecular formula is C15H18N2O5S2. The molecule has 0 saturated carbocycles. The lowest BCUT2D eigenvalue weighted by Crippen LogP contribution is -2.29. The van der Waals surface area contributed by atoms with E-state index in [0.717, 1.165) is 5.56 Å². The van der Waals surface area contributed by atoms with Gasteiger partial charge in [0.1, 0.15) is 0 Å². The maximum absolute atomic E-state index is 12.3. The Morgan fingerprint density at radius 1 is 1.21 bits per heavy atom. The summed E-state index contributed by atoms with van der Waals surface area (Å²) < 4.78 is 37.0. The van der Waals surface area contributed by atoms with Crippen LogP contribution in [-0.2, 0) is 19.5 Å². The Bertz CT molecular complexity index is 758. The third kappa shape index (κ3) is 4.78. The van der Waals surface area contributed by atoms with E-state index in [1.807, 2.05) is 16.8 Å². The highest BCUT2D eigenvalue weighted by molar-refractivity contribution is 7.89. The smallest absolute Gasteiger partial charge is 0.411 e. The van der Waals surface area contributed by atoms with E-state index in [-0.39, 0.29) is 17.5 Å². The molecule has 0 aliphatic carbocycles. The van der Waals surface area contributed by atoms with E-state index in [2.05, 4.69) is 14.8 Å². The zero-order valence-corrected chi connectivity index (χ0v) is 14.8. The molecule has 2 aromatic rings. The van der Waals surface area contributed by atoms with Crippen molar-refractivity contribution in [1.29, 1.82) is 0 Å². The zero-order chi connectivity index (χ0) is 17.6. The molecule has 1 amide bonds. The minimum absolute atomic E-state index is 0.0955. The molecule has 0 fully saturated rings. The van der Waals surface area contributed by atoms with Crippen molar-refractivity contribution in [2.45, 2.75) is 11.0 Å². The zero-order valence-electron chi connectivity index (χ0n) is 13.2. The molecule has 1 heterocycles. The van der Waals surface area contributed by atoms with Gasteiger partial charge in [0.2, 0.25) is 10.0 Å². The van der Waals surface area contributed by atoms with Gasteiger partial charge >= 0.3 is 6.09 Å². The Balaban J connectivity index is 2.03. The predicted molar refractivity (Wildman–Crippen MR) is 91.7 cm³/mol. The van der Waals surface area contributed by atoms with Crippen LogP contribution in [0.3, 0.4) is 0 Å². The summed E-state index contributed by atoms with van der Waals surface area (Å²) in [5.41, 5.74) is 1.36. The van der Waals surface area contributed by atoms with Crippen LogP contribution in [0.1, 0.15) is 11.7 Å². The molecule has 2 rings (SSSR count). The van der Waals surface area contributed by atoms with Gasteiger partial charge in [-0.05, 0) is 46.7 Å². The number of anilines is 1. The first kappa shape index (κ1) is 18.4. The van der Waals surface area contributed by atoms with E-state index in [9.17, 15) is 13.2 Å². The molecule has 0 aliphatic heterocycles. The second-order valence-corrected chi connectivity index (χ2v) is 7.32. The fourth-order valence-corrected chi connectivity index (χ4v) is 3.68. The number of nitrogens with one attached hydrogen (secondary N) is 2. The lowest BCUT2D eigenvalue weighted by atomic mass is 10.2. The number of methoxy groups -OCH3 is 2. The number of benzene rings is 1. The third-order valence-corrected chi connectivity index (χ3v) is 5.40. The second-order valence-electron chi connectivity index (χ2n) is 4.77. The summed E-state index contributed by atoms with van der Waals surface area (Å²) in [4.78, 5) is 11.2. The number of hydrogen-bond acceptors (Lipinski definition) is 6. The van der Waals surface area contributed by atoms with Crippen LogP contribution in [0.25, 0.3) is 0 Å².